The number of hydrogen-bond acceptors (Lipinski definition) is 6. The van der Waals surface area contributed by atoms with Crippen molar-refractivity contribution in [3.8, 4) is 11.3 Å². The second-order valence-electron chi connectivity index (χ2n) is 7.48. The fraction of sp³-hybridized carbons (Fsp3) is 0.167. The van der Waals surface area contributed by atoms with Gasteiger partial charge in [0, 0.05) is 36.3 Å². The summed E-state index contributed by atoms with van der Waals surface area (Å²) < 4.78 is 5.30. The normalized spacial score (nSPS) is 15.2. The van der Waals surface area contributed by atoms with Crippen LogP contribution in [0.5, 0.6) is 0 Å². The van der Waals surface area contributed by atoms with Gasteiger partial charge in [0.15, 0.2) is 5.76 Å². The molecule has 1 aliphatic heterocycles. The predicted molar refractivity (Wildman–Crippen MR) is 120 cm³/mol. The Morgan fingerprint density at radius 2 is 1.91 bits per heavy atom. The summed E-state index contributed by atoms with van der Waals surface area (Å²) in [5.41, 5.74) is 3.94. The second-order valence-corrected chi connectivity index (χ2v) is 8.42. The number of furan rings is 1. The maximum atomic E-state index is 13.2. The SMILES string of the molecule is O=C(NCc1nc(-c2ccncc2)cs1)C1Cc2ccccc2CN1C(=O)c1ccco1. The zero-order valence-corrected chi connectivity index (χ0v) is 17.9. The standard InChI is InChI=1S/C24H20N4O3S/c29-23(26-13-22-27-19(15-32-22)16-7-9-25-10-8-16)20-12-17-4-1-2-5-18(17)14-28(20)24(30)21-6-3-11-31-21/h1-11,15,20H,12-14H2,(H,26,29). The molecular formula is C24H20N4O3S. The maximum Gasteiger partial charge on any atom is 0.290 e. The van der Waals surface area contributed by atoms with Gasteiger partial charge in [0.05, 0.1) is 18.5 Å². The molecule has 1 aromatic carbocycles. The average Bonchev–Trinajstić information content (AvgIpc) is 3.54. The summed E-state index contributed by atoms with van der Waals surface area (Å²) in [5.74, 6) is -0.275. The van der Waals surface area contributed by atoms with Crippen molar-refractivity contribution >= 4 is 23.2 Å². The number of hydrogen-bond donors (Lipinski definition) is 1. The quantitative estimate of drug-likeness (QED) is 0.507. The Kier molecular flexibility index (Phi) is 5.51. The van der Waals surface area contributed by atoms with E-state index in [1.54, 1.807) is 29.4 Å². The summed E-state index contributed by atoms with van der Waals surface area (Å²) in [6, 6.07) is 14.4. The van der Waals surface area contributed by atoms with E-state index in [1.807, 2.05) is 41.8 Å². The van der Waals surface area contributed by atoms with Crippen molar-refractivity contribution in [1.82, 2.24) is 20.2 Å². The minimum absolute atomic E-state index is 0.208. The van der Waals surface area contributed by atoms with Gasteiger partial charge in [0.1, 0.15) is 11.0 Å². The lowest BCUT2D eigenvalue weighted by Gasteiger charge is -2.35. The Labute approximate surface area is 188 Å². The molecule has 3 aromatic heterocycles. The molecule has 1 N–H and O–H groups in total. The van der Waals surface area contributed by atoms with Gasteiger partial charge in [0.2, 0.25) is 5.91 Å². The van der Waals surface area contributed by atoms with Gasteiger partial charge in [-0.05, 0) is 35.4 Å². The predicted octanol–water partition coefficient (Wildman–Crippen LogP) is 3.68. The highest BCUT2D eigenvalue weighted by atomic mass is 32.1. The highest BCUT2D eigenvalue weighted by molar-refractivity contribution is 7.09. The molecule has 1 atom stereocenters. The Morgan fingerprint density at radius 3 is 2.69 bits per heavy atom. The fourth-order valence-corrected chi connectivity index (χ4v) is 4.58. The van der Waals surface area contributed by atoms with Crippen LogP contribution in [-0.4, -0.2) is 32.7 Å². The molecule has 0 saturated heterocycles. The lowest BCUT2D eigenvalue weighted by molar-refractivity contribution is -0.126. The number of pyridine rings is 1. The summed E-state index contributed by atoms with van der Waals surface area (Å²) in [6.45, 7) is 0.659. The number of carbonyl (C=O) groups excluding carboxylic acids is 2. The van der Waals surface area contributed by atoms with Crippen LogP contribution in [0.25, 0.3) is 11.3 Å². The van der Waals surface area contributed by atoms with E-state index >= 15 is 0 Å². The van der Waals surface area contributed by atoms with Crippen molar-refractivity contribution in [2.45, 2.75) is 25.6 Å². The first-order valence-corrected chi connectivity index (χ1v) is 11.1. The van der Waals surface area contributed by atoms with E-state index < -0.39 is 6.04 Å². The molecule has 5 rings (SSSR count). The Hall–Kier alpha value is -3.78. The highest BCUT2D eigenvalue weighted by Crippen LogP contribution is 2.26. The van der Waals surface area contributed by atoms with Crippen LogP contribution in [0.2, 0.25) is 0 Å². The molecule has 1 unspecified atom stereocenters. The number of nitrogens with zero attached hydrogens (tertiary/aromatic N) is 3. The van der Waals surface area contributed by atoms with Gasteiger partial charge in [-0.3, -0.25) is 14.6 Å². The van der Waals surface area contributed by atoms with Crippen molar-refractivity contribution < 1.29 is 14.0 Å². The van der Waals surface area contributed by atoms with Gasteiger partial charge >= 0.3 is 0 Å². The van der Waals surface area contributed by atoms with Gasteiger partial charge in [-0.1, -0.05) is 24.3 Å². The van der Waals surface area contributed by atoms with E-state index in [1.165, 1.54) is 17.6 Å². The average molecular weight is 445 g/mol. The first-order chi connectivity index (χ1) is 15.7. The number of benzene rings is 1. The molecule has 0 saturated carbocycles. The van der Waals surface area contributed by atoms with Gasteiger partial charge in [0.25, 0.3) is 5.91 Å². The van der Waals surface area contributed by atoms with Crippen LogP contribution in [0.15, 0.2) is 77.0 Å². The molecule has 4 aromatic rings. The largest absolute Gasteiger partial charge is 0.459 e. The number of thiazole rings is 1. The third-order valence-electron chi connectivity index (χ3n) is 5.49. The molecule has 1 aliphatic rings. The van der Waals surface area contributed by atoms with E-state index in [9.17, 15) is 9.59 Å². The zero-order valence-electron chi connectivity index (χ0n) is 17.1. The number of carbonyl (C=O) groups is 2. The van der Waals surface area contributed by atoms with E-state index in [2.05, 4.69) is 15.3 Å². The number of amides is 2. The van der Waals surface area contributed by atoms with Crippen molar-refractivity contribution in [2.75, 3.05) is 0 Å². The minimum Gasteiger partial charge on any atom is -0.459 e. The molecule has 0 radical (unpaired) electrons. The summed E-state index contributed by atoms with van der Waals surface area (Å²) in [5, 5.41) is 5.72. The van der Waals surface area contributed by atoms with E-state index in [0.29, 0.717) is 19.5 Å². The Balaban J connectivity index is 1.33. The number of fused-ring (bicyclic) bond motifs is 1. The molecule has 2 amide bonds. The molecule has 0 aliphatic carbocycles. The van der Waals surface area contributed by atoms with Crippen LogP contribution in [0, 0.1) is 0 Å². The maximum absolute atomic E-state index is 13.2. The molecule has 0 bridgehead atoms. The first kappa shape index (κ1) is 20.1. The van der Waals surface area contributed by atoms with Crippen molar-refractivity contribution in [2.24, 2.45) is 0 Å². The van der Waals surface area contributed by atoms with E-state index in [-0.39, 0.29) is 17.6 Å². The molecule has 0 spiro atoms. The third-order valence-corrected chi connectivity index (χ3v) is 6.33. The topological polar surface area (TPSA) is 88.3 Å². The zero-order chi connectivity index (χ0) is 21.9. The fourth-order valence-electron chi connectivity index (χ4n) is 3.84. The van der Waals surface area contributed by atoms with E-state index in [0.717, 1.165) is 27.4 Å². The molecule has 0 fully saturated rings. The lowest BCUT2D eigenvalue weighted by Crippen LogP contribution is -2.52. The van der Waals surface area contributed by atoms with Gasteiger partial charge in [-0.2, -0.15) is 0 Å². The lowest BCUT2D eigenvalue weighted by atomic mass is 9.93. The molecular weight excluding hydrogens is 424 g/mol. The molecule has 32 heavy (non-hydrogen) atoms. The number of nitrogens with one attached hydrogen (secondary N) is 1. The highest BCUT2D eigenvalue weighted by Gasteiger charge is 2.35. The van der Waals surface area contributed by atoms with E-state index in [4.69, 9.17) is 4.42 Å². The van der Waals surface area contributed by atoms with Crippen LogP contribution in [0.4, 0.5) is 0 Å². The van der Waals surface area contributed by atoms with Crippen molar-refractivity contribution in [3.05, 3.63) is 94.5 Å². The van der Waals surface area contributed by atoms with Gasteiger partial charge in [-0.25, -0.2) is 4.98 Å². The van der Waals surface area contributed by atoms with Gasteiger partial charge in [-0.15, -0.1) is 11.3 Å². The summed E-state index contributed by atoms with van der Waals surface area (Å²) in [4.78, 5) is 36.4. The van der Waals surface area contributed by atoms with Gasteiger partial charge < -0.3 is 14.6 Å². The van der Waals surface area contributed by atoms with Crippen LogP contribution in [0.1, 0.15) is 26.7 Å². The summed E-state index contributed by atoms with van der Waals surface area (Å²) in [7, 11) is 0. The van der Waals surface area contributed by atoms with Crippen LogP contribution in [-0.2, 0) is 24.3 Å². The summed E-state index contributed by atoms with van der Waals surface area (Å²) >= 11 is 1.48. The first-order valence-electron chi connectivity index (χ1n) is 10.2. The van der Waals surface area contributed by atoms with Crippen LogP contribution >= 0.6 is 11.3 Å². The van der Waals surface area contributed by atoms with Crippen molar-refractivity contribution in [3.63, 3.8) is 0 Å². The molecule has 8 heteroatoms. The third kappa shape index (κ3) is 4.04. The molecule has 160 valence electrons. The molecule has 4 heterocycles. The monoisotopic (exact) mass is 444 g/mol. The second kappa shape index (κ2) is 8.76. The van der Waals surface area contributed by atoms with Crippen LogP contribution < -0.4 is 5.32 Å². The smallest absolute Gasteiger partial charge is 0.290 e. The number of aromatic nitrogens is 2. The number of rotatable bonds is 5. The summed E-state index contributed by atoms with van der Waals surface area (Å²) in [6.07, 6.45) is 5.36. The minimum atomic E-state index is -0.623. The Bertz CT molecular complexity index is 1240. The Morgan fingerprint density at radius 1 is 1.09 bits per heavy atom. The van der Waals surface area contributed by atoms with Crippen molar-refractivity contribution in [1.29, 1.82) is 0 Å². The molecule has 7 nitrogen and oxygen atoms in total. The van der Waals surface area contributed by atoms with Crippen LogP contribution in [0.3, 0.4) is 0 Å².